The van der Waals surface area contributed by atoms with Gasteiger partial charge in [-0.3, -0.25) is 14.5 Å². The Bertz CT molecular complexity index is 586. The molecule has 5 nitrogen and oxygen atoms in total. The van der Waals surface area contributed by atoms with Crippen molar-refractivity contribution in [3.8, 4) is 0 Å². The molecule has 1 unspecified atom stereocenters. The number of carbonyl (C=O) groups excluding carboxylic acids is 2. The monoisotopic (exact) mass is 329 g/mol. The number of hydrogen-bond acceptors (Lipinski definition) is 3. The van der Waals surface area contributed by atoms with Crippen molar-refractivity contribution >= 4 is 11.8 Å². The molecule has 0 spiro atoms. The van der Waals surface area contributed by atoms with Crippen LogP contribution < -0.4 is 11.1 Å². The van der Waals surface area contributed by atoms with Crippen LogP contribution in [0.15, 0.2) is 36.9 Å². The van der Waals surface area contributed by atoms with Gasteiger partial charge in [-0.15, -0.1) is 6.58 Å². The summed E-state index contributed by atoms with van der Waals surface area (Å²) in [6.45, 7) is 6.69. The molecule has 24 heavy (non-hydrogen) atoms. The van der Waals surface area contributed by atoms with Gasteiger partial charge in [-0.05, 0) is 36.9 Å². The topological polar surface area (TPSA) is 75.4 Å². The highest BCUT2D eigenvalue weighted by atomic mass is 16.2. The molecule has 0 radical (unpaired) electrons. The van der Waals surface area contributed by atoms with Gasteiger partial charge in [0.15, 0.2) is 0 Å². The molecule has 0 saturated carbocycles. The number of piperidine rings is 1. The first-order chi connectivity index (χ1) is 11.6. The molecular formula is C19H27N3O2. The highest BCUT2D eigenvalue weighted by molar-refractivity contribution is 5.77. The van der Waals surface area contributed by atoms with E-state index in [0.29, 0.717) is 19.4 Å². The fourth-order valence-corrected chi connectivity index (χ4v) is 3.05. The van der Waals surface area contributed by atoms with Crippen LogP contribution in [-0.4, -0.2) is 29.8 Å². The van der Waals surface area contributed by atoms with Gasteiger partial charge in [0.1, 0.15) is 0 Å². The maximum Gasteiger partial charge on any atom is 0.221 e. The lowest BCUT2D eigenvalue weighted by molar-refractivity contribution is -0.123. The average molecular weight is 329 g/mol. The standard InChI is InChI=1S/C19H27N3O2/c1-2-3-9-18(23)21-12-15-6-4-7-16(11-15)13-22-10-5-8-17(14-22)19(20)24/h2,4,6-7,11,17H,1,3,5,8-10,12-14H2,(H2,20,24)(H,21,23). The molecule has 2 amide bonds. The third-order valence-corrected chi connectivity index (χ3v) is 4.37. The zero-order valence-electron chi connectivity index (χ0n) is 14.2. The van der Waals surface area contributed by atoms with Crippen LogP contribution in [0.2, 0.25) is 0 Å². The number of primary amides is 1. The zero-order chi connectivity index (χ0) is 17.4. The second kappa shape index (κ2) is 9.23. The van der Waals surface area contributed by atoms with Gasteiger partial charge in [0.25, 0.3) is 0 Å². The molecule has 2 rings (SSSR count). The van der Waals surface area contributed by atoms with Gasteiger partial charge >= 0.3 is 0 Å². The molecule has 0 aromatic heterocycles. The summed E-state index contributed by atoms with van der Waals surface area (Å²) in [5.74, 6) is -0.192. The minimum atomic E-state index is -0.198. The molecule has 130 valence electrons. The second-order valence-corrected chi connectivity index (χ2v) is 6.40. The number of carbonyl (C=O) groups is 2. The second-order valence-electron chi connectivity index (χ2n) is 6.40. The lowest BCUT2D eigenvalue weighted by atomic mass is 9.97. The van der Waals surface area contributed by atoms with E-state index in [1.807, 2.05) is 12.1 Å². The third-order valence-electron chi connectivity index (χ3n) is 4.37. The van der Waals surface area contributed by atoms with Gasteiger partial charge in [0, 0.05) is 26.1 Å². The summed E-state index contributed by atoms with van der Waals surface area (Å²) in [5, 5.41) is 2.93. The summed E-state index contributed by atoms with van der Waals surface area (Å²) in [6, 6.07) is 8.22. The molecule has 1 saturated heterocycles. The Morgan fingerprint density at radius 1 is 1.38 bits per heavy atom. The van der Waals surface area contributed by atoms with Crippen LogP contribution >= 0.6 is 0 Å². The van der Waals surface area contributed by atoms with Gasteiger partial charge in [-0.1, -0.05) is 30.3 Å². The van der Waals surface area contributed by atoms with Crippen molar-refractivity contribution in [2.24, 2.45) is 11.7 Å². The van der Waals surface area contributed by atoms with Crippen molar-refractivity contribution in [3.05, 3.63) is 48.0 Å². The van der Waals surface area contributed by atoms with E-state index in [9.17, 15) is 9.59 Å². The fourth-order valence-electron chi connectivity index (χ4n) is 3.05. The van der Waals surface area contributed by atoms with E-state index in [0.717, 1.165) is 38.0 Å². The number of likely N-dealkylation sites (tertiary alicyclic amines) is 1. The highest BCUT2D eigenvalue weighted by Gasteiger charge is 2.23. The molecule has 1 aromatic rings. The Morgan fingerprint density at radius 2 is 2.17 bits per heavy atom. The van der Waals surface area contributed by atoms with Gasteiger partial charge in [-0.2, -0.15) is 0 Å². The molecule has 1 atom stereocenters. The number of nitrogens with two attached hydrogens (primary N) is 1. The van der Waals surface area contributed by atoms with E-state index < -0.39 is 0 Å². The lowest BCUT2D eigenvalue weighted by Gasteiger charge is -2.31. The van der Waals surface area contributed by atoms with Crippen LogP contribution in [-0.2, 0) is 22.7 Å². The van der Waals surface area contributed by atoms with Crippen molar-refractivity contribution in [2.45, 2.75) is 38.8 Å². The Kier molecular flexibility index (Phi) is 7.00. The molecule has 1 heterocycles. The number of rotatable bonds is 8. The Hall–Kier alpha value is -2.14. The summed E-state index contributed by atoms with van der Waals surface area (Å²) in [4.78, 5) is 25.3. The van der Waals surface area contributed by atoms with E-state index in [4.69, 9.17) is 5.73 Å². The number of hydrogen-bond donors (Lipinski definition) is 2. The maximum absolute atomic E-state index is 11.7. The van der Waals surface area contributed by atoms with Crippen molar-refractivity contribution in [1.82, 2.24) is 10.2 Å². The van der Waals surface area contributed by atoms with Crippen LogP contribution in [0.3, 0.4) is 0 Å². The van der Waals surface area contributed by atoms with E-state index >= 15 is 0 Å². The first-order valence-corrected chi connectivity index (χ1v) is 8.55. The molecule has 1 aromatic carbocycles. The highest BCUT2D eigenvalue weighted by Crippen LogP contribution is 2.18. The Morgan fingerprint density at radius 3 is 2.92 bits per heavy atom. The molecule has 1 aliphatic heterocycles. The van der Waals surface area contributed by atoms with E-state index in [1.165, 1.54) is 5.56 Å². The van der Waals surface area contributed by atoms with Gasteiger partial charge in [-0.25, -0.2) is 0 Å². The molecule has 1 aliphatic rings. The summed E-state index contributed by atoms with van der Waals surface area (Å²) in [6.07, 6.45) is 4.82. The Balaban J connectivity index is 1.87. The number of allylic oxidation sites excluding steroid dienone is 1. The lowest BCUT2D eigenvalue weighted by Crippen LogP contribution is -2.40. The van der Waals surface area contributed by atoms with Gasteiger partial charge in [0.2, 0.25) is 11.8 Å². The number of benzene rings is 1. The minimum Gasteiger partial charge on any atom is -0.369 e. The number of nitrogens with zero attached hydrogens (tertiary/aromatic N) is 1. The summed E-state index contributed by atoms with van der Waals surface area (Å²) >= 11 is 0. The van der Waals surface area contributed by atoms with E-state index in [2.05, 4.69) is 28.9 Å². The van der Waals surface area contributed by atoms with Crippen molar-refractivity contribution < 1.29 is 9.59 Å². The predicted octanol–water partition coefficient (Wildman–Crippen LogP) is 1.97. The van der Waals surface area contributed by atoms with Crippen LogP contribution in [0.4, 0.5) is 0 Å². The third kappa shape index (κ3) is 5.81. The van der Waals surface area contributed by atoms with Crippen LogP contribution in [0.25, 0.3) is 0 Å². The quantitative estimate of drug-likeness (QED) is 0.716. The zero-order valence-corrected chi connectivity index (χ0v) is 14.2. The molecule has 5 heteroatoms. The minimum absolute atomic E-state index is 0.0360. The Labute approximate surface area is 143 Å². The summed E-state index contributed by atoms with van der Waals surface area (Å²) in [7, 11) is 0. The van der Waals surface area contributed by atoms with Crippen LogP contribution in [0, 0.1) is 5.92 Å². The molecule has 1 fully saturated rings. The molecular weight excluding hydrogens is 302 g/mol. The van der Waals surface area contributed by atoms with Gasteiger partial charge in [0.05, 0.1) is 5.92 Å². The van der Waals surface area contributed by atoms with Crippen LogP contribution in [0.1, 0.15) is 36.8 Å². The summed E-state index contributed by atoms with van der Waals surface area (Å²) < 4.78 is 0. The van der Waals surface area contributed by atoms with E-state index in [1.54, 1.807) is 6.08 Å². The SMILES string of the molecule is C=CCCC(=O)NCc1cccc(CN2CCCC(C(N)=O)C2)c1. The summed E-state index contributed by atoms with van der Waals surface area (Å²) in [5.41, 5.74) is 7.72. The molecule has 3 N–H and O–H groups in total. The smallest absolute Gasteiger partial charge is 0.221 e. The number of amides is 2. The maximum atomic E-state index is 11.7. The molecule has 0 aliphatic carbocycles. The first-order valence-electron chi connectivity index (χ1n) is 8.55. The van der Waals surface area contributed by atoms with E-state index in [-0.39, 0.29) is 17.7 Å². The van der Waals surface area contributed by atoms with Crippen LogP contribution in [0.5, 0.6) is 0 Å². The number of nitrogens with one attached hydrogen (secondary N) is 1. The normalized spacial score (nSPS) is 18.1. The van der Waals surface area contributed by atoms with Gasteiger partial charge < -0.3 is 11.1 Å². The van der Waals surface area contributed by atoms with Crippen molar-refractivity contribution in [3.63, 3.8) is 0 Å². The fraction of sp³-hybridized carbons (Fsp3) is 0.474. The largest absolute Gasteiger partial charge is 0.369 e. The van der Waals surface area contributed by atoms with Crippen molar-refractivity contribution in [1.29, 1.82) is 0 Å². The predicted molar refractivity (Wildman–Crippen MR) is 94.9 cm³/mol. The average Bonchev–Trinajstić information content (AvgIpc) is 2.58. The van der Waals surface area contributed by atoms with Crippen molar-refractivity contribution in [2.75, 3.05) is 13.1 Å². The molecule has 0 bridgehead atoms. The first kappa shape index (κ1) is 18.2.